The summed E-state index contributed by atoms with van der Waals surface area (Å²) in [7, 11) is 4.46. The zero-order valence-corrected chi connectivity index (χ0v) is 15.0. The average Bonchev–Trinajstić information content (AvgIpc) is 2.84. The molecular formula is C16H30N4S. The maximum absolute atomic E-state index is 4.95. The van der Waals surface area contributed by atoms with E-state index in [-0.39, 0.29) is 0 Å². The molecule has 1 atom stereocenters. The highest BCUT2D eigenvalue weighted by atomic mass is 32.1. The maximum Gasteiger partial charge on any atom is 0.0947 e. The minimum atomic E-state index is 0.510. The molecule has 21 heavy (non-hydrogen) atoms. The molecule has 0 bridgehead atoms. The first-order valence-electron chi connectivity index (χ1n) is 8.09. The van der Waals surface area contributed by atoms with E-state index in [4.69, 9.17) is 4.98 Å². The van der Waals surface area contributed by atoms with Gasteiger partial charge in [-0.3, -0.25) is 0 Å². The minimum absolute atomic E-state index is 0.510. The van der Waals surface area contributed by atoms with Gasteiger partial charge in [0.2, 0.25) is 0 Å². The molecule has 1 aliphatic rings. The lowest BCUT2D eigenvalue weighted by atomic mass is 10.1. The van der Waals surface area contributed by atoms with E-state index in [0.717, 1.165) is 32.6 Å². The molecule has 1 N–H and O–H groups in total. The molecule has 1 unspecified atom stereocenters. The van der Waals surface area contributed by atoms with Crippen molar-refractivity contribution in [2.45, 2.75) is 45.7 Å². The summed E-state index contributed by atoms with van der Waals surface area (Å²) >= 11 is 1.91. The van der Waals surface area contributed by atoms with Gasteiger partial charge in [-0.25, -0.2) is 4.98 Å². The fourth-order valence-electron chi connectivity index (χ4n) is 2.84. The largest absolute Gasteiger partial charge is 0.312 e. The Morgan fingerprint density at radius 2 is 2.10 bits per heavy atom. The first kappa shape index (κ1) is 16.9. The topological polar surface area (TPSA) is 31.4 Å². The summed E-state index contributed by atoms with van der Waals surface area (Å²) in [5, 5.41) is 4.75. The van der Waals surface area contributed by atoms with Crippen LogP contribution in [0.4, 0.5) is 0 Å². The van der Waals surface area contributed by atoms with E-state index in [2.05, 4.69) is 50.0 Å². The molecule has 1 aromatic heterocycles. The number of rotatable bonds is 6. The highest BCUT2D eigenvalue weighted by molar-refractivity contribution is 7.11. The van der Waals surface area contributed by atoms with Gasteiger partial charge in [0.1, 0.15) is 0 Å². The summed E-state index contributed by atoms with van der Waals surface area (Å²) in [5.74, 6) is 0.510. The number of hydrogen-bond acceptors (Lipinski definition) is 5. The third-order valence-corrected chi connectivity index (χ3v) is 5.34. The van der Waals surface area contributed by atoms with Gasteiger partial charge in [0, 0.05) is 43.5 Å². The molecule has 0 aromatic carbocycles. The lowest BCUT2D eigenvalue weighted by Gasteiger charge is -2.37. The van der Waals surface area contributed by atoms with Crippen LogP contribution in [0, 0.1) is 0 Å². The monoisotopic (exact) mass is 310 g/mol. The van der Waals surface area contributed by atoms with Gasteiger partial charge in [0.25, 0.3) is 0 Å². The van der Waals surface area contributed by atoms with E-state index >= 15 is 0 Å². The van der Waals surface area contributed by atoms with Gasteiger partial charge in [0.15, 0.2) is 0 Å². The van der Waals surface area contributed by atoms with Crippen LogP contribution in [-0.2, 0) is 13.0 Å². The molecule has 1 aliphatic heterocycles. The third-order valence-electron chi connectivity index (χ3n) is 4.24. The average molecular weight is 311 g/mol. The van der Waals surface area contributed by atoms with E-state index in [1.807, 2.05) is 11.3 Å². The quantitative estimate of drug-likeness (QED) is 0.872. The van der Waals surface area contributed by atoms with Crippen LogP contribution >= 0.6 is 11.3 Å². The standard InChI is InChI=1S/C16H30N4S/c1-6-17-10-14-16(12(2)3)18-15(21-14)9-13-11-19(4)7-8-20(13)5/h12-13,17H,6-11H2,1-5H3. The van der Waals surface area contributed by atoms with Crippen LogP contribution in [-0.4, -0.2) is 61.1 Å². The Morgan fingerprint density at radius 1 is 1.33 bits per heavy atom. The fraction of sp³-hybridized carbons (Fsp3) is 0.812. The number of likely N-dealkylation sites (N-methyl/N-ethyl adjacent to an activating group) is 2. The molecule has 0 aliphatic carbocycles. The molecule has 1 saturated heterocycles. The zero-order chi connectivity index (χ0) is 15.4. The van der Waals surface area contributed by atoms with Crippen molar-refractivity contribution in [1.82, 2.24) is 20.1 Å². The second-order valence-electron chi connectivity index (χ2n) is 6.45. The number of nitrogens with zero attached hydrogens (tertiary/aromatic N) is 3. The van der Waals surface area contributed by atoms with Crippen molar-refractivity contribution in [3.05, 3.63) is 15.6 Å². The van der Waals surface area contributed by atoms with Crippen molar-refractivity contribution in [3.8, 4) is 0 Å². The van der Waals surface area contributed by atoms with Crippen molar-refractivity contribution in [3.63, 3.8) is 0 Å². The van der Waals surface area contributed by atoms with Crippen molar-refractivity contribution in [1.29, 1.82) is 0 Å². The van der Waals surface area contributed by atoms with Crippen molar-refractivity contribution in [2.75, 3.05) is 40.3 Å². The first-order chi connectivity index (χ1) is 10.0. The molecule has 120 valence electrons. The summed E-state index contributed by atoms with van der Waals surface area (Å²) in [5.41, 5.74) is 1.29. The van der Waals surface area contributed by atoms with Crippen LogP contribution in [0.5, 0.6) is 0 Å². The number of aromatic nitrogens is 1. The normalized spacial score (nSPS) is 21.3. The fourth-order valence-corrected chi connectivity index (χ4v) is 4.11. The predicted molar refractivity (Wildman–Crippen MR) is 91.2 cm³/mol. The Bertz CT molecular complexity index is 443. The maximum atomic E-state index is 4.95. The van der Waals surface area contributed by atoms with Crippen LogP contribution < -0.4 is 5.32 Å². The molecule has 1 fully saturated rings. The van der Waals surface area contributed by atoms with Crippen molar-refractivity contribution in [2.24, 2.45) is 0 Å². The second-order valence-corrected chi connectivity index (χ2v) is 7.62. The Hall–Kier alpha value is -0.490. The van der Waals surface area contributed by atoms with Gasteiger partial charge in [-0.2, -0.15) is 0 Å². The lowest BCUT2D eigenvalue weighted by Crippen LogP contribution is -2.50. The lowest BCUT2D eigenvalue weighted by molar-refractivity contribution is 0.114. The third kappa shape index (κ3) is 4.49. The predicted octanol–water partition coefficient (Wildman–Crippen LogP) is 2.16. The summed E-state index contributed by atoms with van der Waals surface area (Å²) in [6.07, 6.45) is 1.08. The van der Waals surface area contributed by atoms with Crippen molar-refractivity contribution < 1.29 is 0 Å². The summed E-state index contributed by atoms with van der Waals surface area (Å²) in [4.78, 5) is 11.3. The molecule has 1 aromatic rings. The van der Waals surface area contributed by atoms with Gasteiger partial charge in [-0.1, -0.05) is 20.8 Å². The molecule has 0 radical (unpaired) electrons. The van der Waals surface area contributed by atoms with Crippen LogP contribution in [0.2, 0.25) is 0 Å². The molecule has 0 spiro atoms. The molecule has 4 nitrogen and oxygen atoms in total. The molecule has 5 heteroatoms. The van der Waals surface area contributed by atoms with E-state index < -0.39 is 0 Å². The Morgan fingerprint density at radius 3 is 2.76 bits per heavy atom. The number of hydrogen-bond donors (Lipinski definition) is 1. The molecule has 0 amide bonds. The van der Waals surface area contributed by atoms with Gasteiger partial charge >= 0.3 is 0 Å². The van der Waals surface area contributed by atoms with Gasteiger partial charge in [-0.15, -0.1) is 11.3 Å². The van der Waals surface area contributed by atoms with E-state index in [9.17, 15) is 0 Å². The zero-order valence-electron chi connectivity index (χ0n) is 14.1. The van der Waals surface area contributed by atoms with Crippen LogP contribution in [0.15, 0.2) is 0 Å². The van der Waals surface area contributed by atoms with Crippen LogP contribution in [0.3, 0.4) is 0 Å². The molecule has 0 saturated carbocycles. The van der Waals surface area contributed by atoms with Crippen molar-refractivity contribution >= 4 is 11.3 Å². The molecule has 2 heterocycles. The number of piperazine rings is 1. The molecule has 2 rings (SSSR count). The van der Waals surface area contributed by atoms with Gasteiger partial charge in [-0.05, 0) is 26.6 Å². The second kappa shape index (κ2) is 7.68. The SMILES string of the molecule is CCNCc1sc(CC2CN(C)CCN2C)nc1C(C)C. The van der Waals surface area contributed by atoms with Crippen LogP contribution in [0.25, 0.3) is 0 Å². The number of nitrogens with one attached hydrogen (secondary N) is 1. The Kier molecular flexibility index (Phi) is 6.17. The molecular weight excluding hydrogens is 280 g/mol. The number of thiazole rings is 1. The van der Waals surface area contributed by atoms with Gasteiger partial charge < -0.3 is 15.1 Å². The van der Waals surface area contributed by atoms with Crippen LogP contribution in [0.1, 0.15) is 42.3 Å². The summed E-state index contributed by atoms with van der Waals surface area (Å²) < 4.78 is 0. The van der Waals surface area contributed by atoms with E-state index in [1.54, 1.807) is 0 Å². The summed E-state index contributed by atoms with van der Waals surface area (Å²) in [6.45, 7) is 12.1. The highest BCUT2D eigenvalue weighted by Gasteiger charge is 2.24. The van der Waals surface area contributed by atoms with E-state index in [0.29, 0.717) is 12.0 Å². The Balaban J connectivity index is 2.08. The summed E-state index contributed by atoms with van der Waals surface area (Å²) in [6, 6.07) is 0.599. The van der Waals surface area contributed by atoms with Gasteiger partial charge in [0.05, 0.1) is 10.7 Å². The smallest absolute Gasteiger partial charge is 0.0947 e. The Labute approximate surface area is 133 Å². The highest BCUT2D eigenvalue weighted by Crippen LogP contribution is 2.27. The van der Waals surface area contributed by atoms with E-state index in [1.165, 1.54) is 22.1 Å². The minimum Gasteiger partial charge on any atom is -0.312 e. The first-order valence-corrected chi connectivity index (χ1v) is 8.90.